The lowest BCUT2D eigenvalue weighted by Gasteiger charge is -2.15. The van der Waals surface area contributed by atoms with Crippen LogP contribution in [0.15, 0.2) is 12.1 Å². The van der Waals surface area contributed by atoms with Crippen LogP contribution >= 0.6 is 22.9 Å². The van der Waals surface area contributed by atoms with Gasteiger partial charge in [-0.15, -0.1) is 11.3 Å². The molecule has 13 heavy (non-hydrogen) atoms. The summed E-state index contributed by atoms with van der Waals surface area (Å²) in [5, 5.41) is 9.42. The van der Waals surface area contributed by atoms with E-state index in [0.717, 1.165) is 10.8 Å². The van der Waals surface area contributed by atoms with Crippen molar-refractivity contribution in [1.82, 2.24) is 0 Å². The van der Waals surface area contributed by atoms with Crippen molar-refractivity contribution in [2.75, 3.05) is 6.61 Å². The minimum absolute atomic E-state index is 0.00912. The van der Waals surface area contributed by atoms with Gasteiger partial charge in [0.05, 0.1) is 10.9 Å². The minimum Gasteiger partial charge on any atom is -0.395 e. The topological polar surface area (TPSA) is 20.2 Å². The van der Waals surface area contributed by atoms with Crippen LogP contribution in [-0.2, 0) is 5.41 Å². The van der Waals surface area contributed by atoms with Crippen molar-refractivity contribution in [3.63, 3.8) is 0 Å². The molecule has 0 amide bonds. The van der Waals surface area contributed by atoms with Crippen molar-refractivity contribution in [1.29, 1.82) is 0 Å². The van der Waals surface area contributed by atoms with Crippen LogP contribution in [0.2, 0.25) is 4.34 Å². The quantitative estimate of drug-likeness (QED) is 0.806. The summed E-state index contributed by atoms with van der Waals surface area (Å²) in [6.07, 6.45) is 1.06. The van der Waals surface area contributed by atoms with E-state index in [1.807, 2.05) is 12.1 Å². The molecule has 1 fully saturated rings. The normalized spacial score (nSPS) is 30.5. The Balaban J connectivity index is 2.35. The van der Waals surface area contributed by atoms with Gasteiger partial charge in [0.2, 0.25) is 0 Å². The molecule has 0 saturated heterocycles. The van der Waals surface area contributed by atoms with Gasteiger partial charge in [-0.05, 0) is 24.0 Å². The molecule has 1 aromatic heterocycles. The van der Waals surface area contributed by atoms with Crippen LogP contribution in [0.5, 0.6) is 0 Å². The van der Waals surface area contributed by atoms with E-state index in [1.165, 1.54) is 4.88 Å². The van der Waals surface area contributed by atoms with E-state index in [-0.39, 0.29) is 17.4 Å². The third-order valence-corrected chi connectivity index (χ3v) is 4.66. The van der Waals surface area contributed by atoms with Gasteiger partial charge in [0.15, 0.2) is 0 Å². The molecule has 1 heterocycles. The Morgan fingerprint density at radius 3 is 2.46 bits per heavy atom. The first-order valence-corrected chi connectivity index (χ1v) is 5.58. The lowest BCUT2D eigenvalue weighted by Crippen LogP contribution is -2.17. The SMILES string of the molecule is CC1(C)CC1(CO)c1ccc(Cl)s1. The lowest BCUT2D eigenvalue weighted by atomic mass is 9.95. The first kappa shape index (κ1) is 9.50. The van der Waals surface area contributed by atoms with Gasteiger partial charge in [0.1, 0.15) is 0 Å². The Hall–Kier alpha value is -0.0500. The lowest BCUT2D eigenvalue weighted by molar-refractivity contribution is 0.233. The molecule has 0 aromatic carbocycles. The second-order valence-corrected chi connectivity index (χ2v) is 6.12. The average molecular weight is 217 g/mol. The Morgan fingerprint density at radius 2 is 2.15 bits per heavy atom. The van der Waals surface area contributed by atoms with Crippen LogP contribution in [-0.4, -0.2) is 11.7 Å². The first-order valence-electron chi connectivity index (χ1n) is 4.38. The molecule has 0 radical (unpaired) electrons. The Kier molecular flexibility index (Phi) is 1.99. The zero-order valence-corrected chi connectivity index (χ0v) is 9.37. The Labute approximate surface area is 87.4 Å². The average Bonchev–Trinajstić information content (AvgIpc) is 2.43. The summed E-state index contributed by atoms with van der Waals surface area (Å²) in [4.78, 5) is 1.23. The molecule has 1 unspecified atom stereocenters. The number of hydrogen-bond acceptors (Lipinski definition) is 2. The summed E-state index contributed by atoms with van der Waals surface area (Å²) in [7, 11) is 0. The highest BCUT2D eigenvalue weighted by Crippen LogP contribution is 2.65. The van der Waals surface area contributed by atoms with E-state index in [9.17, 15) is 5.11 Å². The third kappa shape index (κ3) is 1.24. The van der Waals surface area contributed by atoms with E-state index in [2.05, 4.69) is 13.8 Å². The van der Waals surface area contributed by atoms with Gasteiger partial charge in [-0.2, -0.15) is 0 Å². The van der Waals surface area contributed by atoms with Gasteiger partial charge in [-0.3, -0.25) is 0 Å². The summed E-state index contributed by atoms with van der Waals surface area (Å²) in [5.74, 6) is 0. The molecule has 2 rings (SSSR count). The molecule has 1 atom stereocenters. The third-order valence-electron chi connectivity index (χ3n) is 3.23. The van der Waals surface area contributed by atoms with Gasteiger partial charge in [0, 0.05) is 10.3 Å². The van der Waals surface area contributed by atoms with Gasteiger partial charge < -0.3 is 5.11 Å². The van der Waals surface area contributed by atoms with Crippen molar-refractivity contribution in [3.05, 3.63) is 21.3 Å². The molecule has 1 aromatic rings. The van der Waals surface area contributed by atoms with Crippen molar-refractivity contribution in [2.24, 2.45) is 5.41 Å². The Morgan fingerprint density at radius 1 is 1.54 bits per heavy atom. The van der Waals surface area contributed by atoms with Gasteiger partial charge in [-0.1, -0.05) is 25.4 Å². The second kappa shape index (κ2) is 2.72. The molecule has 0 bridgehead atoms. The molecular weight excluding hydrogens is 204 g/mol. The van der Waals surface area contributed by atoms with Crippen LogP contribution in [0.25, 0.3) is 0 Å². The van der Waals surface area contributed by atoms with E-state index >= 15 is 0 Å². The predicted octanol–water partition coefficient (Wildman–Crippen LogP) is 3.06. The maximum Gasteiger partial charge on any atom is 0.0931 e. The summed E-state index contributed by atoms with van der Waals surface area (Å²) >= 11 is 7.47. The van der Waals surface area contributed by atoms with Crippen LogP contribution in [0, 0.1) is 5.41 Å². The van der Waals surface area contributed by atoms with Crippen molar-refractivity contribution >= 4 is 22.9 Å². The van der Waals surface area contributed by atoms with Crippen LogP contribution in [0.4, 0.5) is 0 Å². The minimum atomic E-state index is -0.00912. The van der Waals surface area contributed by atoms with Crippen molar-refractivity contribution < 1.29 is 5.11 Å². The number of aliphatic hydroxyl groups excluding tert-OH is 1. The number of thiophene rings is 1. The summed E-state index contributed by atoms with van der Waals surface area (Å²) < 4.78 is 0.811. The van der Waals surface area contributed by atoms with Crippen LogP contribution in [0.3, 0.4) is 0 Å². The molecule has 0 spiro atoms. The van der Waals surface area contributed by atoms with Crippen molar-refractivity contribution in [2.45, 2.75) is 25.7 Å². The Bertz CT molecular complexity index is 331. The fourth-order valence-electron chi connectivity index (χ4n) is 2.05. The predicted molar refractivity (Wildman–Crippen MR) is 56.5 cm³/mol. The number of halogens is 1. The van der Waals surface area contributed by atoms with Crippen LogP contribution < -0.4 is 0 Å². The zero-order chi connectivity index (χ0) is 9.69. The molecule has 1 nitrogen and oxygen atoms in total. The monoisotopic (exact) mass is 216 g/mol. The number of hydrogen-bond donors (Lipinski definition) is 1. The van der Waals surface area contributed by atoms with E-state index in [4.69, 9.17) is 11.6 Å². The maximum absolute atomic E-state index is 9.42. The molecule has 72 valence electrons. The molecular formula is C10H13ClOS. The van der Waals surface area contributed by atoms with Gasteiger partial charge in [0.25, 0.3) is 0 Å². The van der Waals surface area contributed by atoms with Gasteiger partial charge >= 0.3 is 0 Å². The molecule has 1 saturated carbocycles. The zero-order valence-electron chi connectivity index (χ0n) is 7.80. The molecule has 0 aliphatic heterocycles. The van der Waals surface area contributed by atoms with E-state index in [1.54, 1.807) is 11.3 Å². The number of aliphatic hydroxyl groups is 1. The molecule has 1 aliphatic rings. The van der Waals surface area contributed by atoms with E-state index in [0.29, 0.717) is 0 Å². The summed E-state index contributed by atoms with van der Waals surface area (Å²) in [5.41, 5.74) is 0.223. The molecule has 1 aliphatic carbocycles. The van der Waals surface area contributed by atoms with Crippen LogP contribution in [0.1, 0.15) is 25.1 Å². The second-order valence-electron chi connectivity index (χ2n) is 4.40. The standard InChI is InChI=1S/C10H13ClOS/c1-9(2)5-10(9,6-12)7-3-4-8(11)13-7/h3-4,12H,5-6H2,1-2H3. The fourth-order valence-corrected chi connectivity index (χ4v) is 3.45. The highest BCUT2D eigenvalue weighted by Gasteiger charge is 2.62. The van der Waals surface area contributed by atoms with Crippen molar-refractivity contribution in [3.8, 4) is 0 Å². The fraction of sp³-hybridized carbons (Fsp3) is 0.600. The highest BCUT2D eigenvalue weighted by molar-refractivity contribution is 7.16. The van der Waals surface area contributed by atoms with Gasteiger partial charge in [-0.25, -0.2) is 0 Å². The summed E-state index contributed by atoms with van der Waals surface area (Å²) in [6, 6.07) is 3.95. The maximum atomic E-state index is 9.42. The highest BCUT2D eigenvalue weighted by atomic mass is 35.5. The largest absolute Gasteiger partial charge is 0.395 e. The molecule has 1 N–H and O–H groups in total. The summed E-state index contributed by atoms with van der Waals surface area (Å²) in [6.45, 7) is 4.62. The first-order chi connectivity index (χ1) is 6.02. The van der Waals surface area contributed by atoms with E-state index < -0.39 is 0 Å². The molecule has 3 heteroatoms. The number of rotatable bonds is 2. The smallest absolute Gasteiger partial charge is 0.0931 e.